The molecule has 0 N–H and O–H groups in total. The van der Waals surface area contributed by atoms with Crippen LogP contribution < -0.4 is 0 Å². The van der Waals surface area contributed by atoms with Crippen LogP contribution in [0.15, 0.2) is 48.5 Å². The van der Waals surface area contributed by atoms with E-state index in [1.807, 2.05) is 0 Å². The first-order chi connectivity index (χ1) is 10.9. The van der Waals surface area contributed by atoms with Crippen LogP contribution in [0, 0.1) is 20.0 Å². The quantitative estimate of drug-likeness (QED) is 0.519. The molecule has 3 nitrogen and oxygen atoms in total. The van der Waals surface area contributed by atoms with E-state index in [1.165, 1.54) is 22.3 Å². The van der Waals surface area contributed by atoms with Gasteiger partial charge in [0.15, 0.2) is 0 Å². The first-order valence-electron chi connectivity index (χ1n) is 6.67. The number of rotatable bonds is 0. The van der Waals surface area contributed by atoms with Gasteiger partial charge in [0, 0.05) is 17.4 Å². The normalized spacial score (nSPS) is 10.3. The average molecular weight is 344 g/mol. The summed E-state index contributed by atoms with van der Waals surface area (Å²) in [4.78, 5) is 0. The smallest absolute Gasteiger partial charge is 0 e. The minimum atomic E-state index is 0. The zero-order valence-electron chi connectivity index (χ0n) is 12.6. The van der Waals surface area contributed by atoms with Gasteiger partial charge in [-0.15, -0.1) is 0 Å². The van der Waals surface area contributed by atoms with E-state index < -0.39 is 0 Å². The third-order valence-electron chi connectivity index (χ3n) is 3.45. The molecule has 0 heterocycles. The molecule has 116 valence electrons. The number of hydrogen-bond acceptors (Lipinski definition) is 0. The van der Waals surface area contributed by atoms with Crippen LogP contribution >= 0.6 is 0 Å². The van der Waals surface area contributed by atoms with Gasteiger partial charge < -0.3 is 0 Å². The SMILES string of the molecule is [C-]#[O+].[C-]#[O+].[C-]#[O+].[Cr].c1cc2ccc1CCc1ccc(cc1)CC2. The fourth-order valence-corrected chi connectivity index (χ4v) is 2.32. The Kier molecular flexibility index (Phi) is 15.4. The Morgan fingerprint density at radius 2 is 0.565 bits per heavy atom. The third kappa shape index (κ3) is 8.41. The molecular weight excluding hydrogens is 328 g/mol. The summed E-state index contributed by atoms with van der Waals surface area (Å²) in [6.07, 6.45) is 4.61. The van der Waals surface area contributed by atoms with Crippen molar-refractivity contribution in [1.82, 2.24) is 0 Å². The van der Waals surface area contributed by atoms with Crippen molar-refractivity contribution in [3.63, 3.8) is 0 Å². The molecule has 4 aliphatic carbocycles. The second-order valence-electron chi connectivity index (χ2n) is 4.63. The molecule has 0 fully saturated rings. The third-order valence-corrected chi connectivity index (χ3v) is 3.45. The fraction of sp³-hybridized carbons (Fsp3) is 0.211. The summed E-state index contributed by atoms with van der Waals surface area (Å²) < 4.78 is 22.5. The summed E-state index contributed by atoms with van der Waals surface area (Å²) in [5.41, 5.74) is 5.81. The van der Waals surface area contributed by atoms with Gasteiger partial charge in [-0.2, -0.15) is 0 Å². The summed E-state index contributed by atoms with van der Waals surface area (Å²) in [5, 5.41) is 0. The molecule has 0 saturated heterocycles. The van der Waals surface area contributed by atoms with Crippen LogP contribution in [0.5, 0.6) is 0 Å². The van der Waals surface area contributed by atoms with E-state index in [2.05, 4.69) is 68.5 Å². The van der Waals surface area contributed by atoms with E-state index in [-0.39, 0.29) is 17.4 Å². The molecule has 0 radical (unpaired) electrons. The van der Waals surface area contributed by atoms with Crippen molar-refractivity contribution in [2.75, 3.05) is 0 Å². The standard InChI is InChI=1S/C16H16.3CO.Cr/c1-2-14-4-3-13(1)9-10-15-5-7-16(8-6-15)12-11-14;3*1-2;/h1-8H,9-12H2;;;;. The Morgan fingerprint density at radius 3 is 0.696 bits per heavy atom. The Bertz CT molecular complexity index is 487. The predicted octanol–water partition coefficient (Wildman–Crippen LogP) is 3.46. The van der Waals surface area contributed by atoms with E-state index in [0.717, 1.165) is 25.7 Å². The van der Waals surface area contributed by atoms with Crippen LogP contribution in [0.4, 0.5) is 0 Å². The minimum absolute atomic E-state index is 0. The van der Waals surface area contributed by atoms with Gasteiger partial charge in [0.2, 0.25) is 0 Å². The molecule has 0 aromatic heterocycles. The zero-order valence-corrected chi connectivity index (χ0v) is 13.9. The summed E-state index contributed by atoms with van der Waals surface area (Å²) >= 11 is 0. The van der Waals surface area contributed by atoms with Crippen molar-refractivity contribution < 1.29 is 31.3 Å². The van der Waals surface area contributed by atoms with Crippen molar-refractivity contribution in [3.05, 3.63) is 90.7 Å². The van der Waals surface area contributed by atoms with Gasteiger partial charge in [0.1, 0.15) is 0 Å². The molecule has 6 rings (SSSR count). The topological polar surface area (TPSA) is 59.7 Å². The van der Waals surface area contributed by atoms with Crippen LogP contribution in [-0.4, -0.2) is 0 Å². The average Bonchev–Trinajstić information content (AvgIpc) is 2.63. The number of hydrogen-bond donors (Lipinski definition) is 0. The van der Waals surface area contributed by atoms with Gasteiger partial charge in [-0.05, 0) is 47.9 Å². The first-order valence-corrected chi connectivity index (χ1v) is 6.67. The van der Waals surface area contributed by atoms with Gasteiger partial charge in [-0.1, -0.05) is 48.5 Å². The van der Waals surface area contributed by atoms with Crippen molar-refractivity contribution in [2.24, 2.45) is 0 Å². The molecule has 4 bridgehead atoms. The molecule has 4 heteroatoms. The zero-order chi connectivity index (χ0) is 16.8. The molecule has 4 aliphatic rings. The Labute approximate surface area is 148 Å². The fourth-order valence-electron chi connectivity index (χ4n) is 2.32. The van der Waals surface area contributed by atoms with Crippen molar-refractivity contribution in [2.45, 2.75) is 25.7 Å². The molecule has 0 spiro atoms. The summed E-state index contributed by atoms with van der Waals surface area (Å²) in [6, 6.07) is 18.2. The van der Waals surface area contributed by atoms with E-state index in [0.29, 0.717) is 0 Å². The molecule has 0 saturated carbocycles. The maximum Gasteiger partial charge on any atom is 0 e. The van der Waals surface area contributed by atoms with Crippen LogP contribution in [-0.2, 0) is 57.0 Å². The van der Waals surface area contributed by atoms with Gasteiger partial charge >= 0.3 is 33.9 Å². The molecular formula is C19H16CrO3. The second kappa shape index (κ2) is 15.1. The van der Waals surface area contributed by atoms with E-state index in [4.69, 9.17) is 14.0 Å². The molecule has 0 atom stereocenters. The molecule has 0 aliphatic heterocycles. The number of benzene rings is 2. The van der Waals surface area contributed by atoms with Crippen molar-refractivity contribution >= 4 is 0 Å². The van der Waals surface area contributed by atoms with E-state index in [1.54, 1.807) is 0 Å². The van der Waals surface area contributed by atoms with Crippen LogP contribution in [0.1, 0.15) is 22.3 Å². The Hall–Kier alpha value is -1.81. The Morgan fingerprint density at radius 1 is 0.435 bits per heavy atom. The van der Waals surface area contributed by atoms with Gasteiger partial charge in [-0.25, -0.2) is 0 Å². The summed E-state index contributed by atoms with van der Waals surface area (Å²) in [6.45, 7) is 13.5. The van der Waals surface area contributed by atoms with Gasteiger partial charge in [0.25, 0.3) is 0 Å². The molecule has 0 amide bonds. The predicted molar refractivity (Wildman–Crippen MR) is 79.5 cm³/mol. The molecule has 0 unspecified atom stereocenters. The maximum absolute atomic E-state index is 7.50. The summed E-state index contributed by atoms with van der Waals surface area (Å²) in [5.74, 6) is 0. The minimum Gasteiger partial charge on any atom is -0.0588 e. The second-order valence-corrected chi connectivity index (χ2v) is 4.63. The monoisotopic (exact) mass is 344 g/mol. The van der Waals surface area contributed by atoms with Crippen molar-refractivity contribution in [3.8, 4) is 0 Å². The van der Waals surface area contributed by atoms with Gasteiger partial charge in [0.05, 0.1) is 0 Å². The summed E-state index contributed by atoms with van der Waals surface area (Å²) in [7, 11) is 0. The largest absolute Gasteiger partial charge is 0.0588 e. The van der Waals surface area contributed by atoms with Crippen LogP contribution in [0.3, 0.4) is 0 Å². The van der Waals surface area contributed by atoms with E-state index >= 15 is 0 Å². The maximum atomic E-state index is 7.50. The Balaban J connectivity index is 0. The molecule has 23 heavy (non-hydrogen) atoms. The first kappa shape index (κ1) is 23.5. The van der Waals surface area contributed by atoms with Gasteiger partial charge in [-0.3, -0.25) is 0 Å². The number of aryl methyl sites for hydroxylation is 4. The van der Waals surface area contributed by atoms with Crippen LogP contribution in [0.2, 0.25) is 0 Å². The van der Waals surface area contributed by atoms with Crippen molar-refractivity contribution in [1.29, 1.82) is 0 Å². The van der Waals surface area contributed by atoms with Crippen LogP contribution in [0.25, 0.3) is 0 Å². The van der Waals surface area contributed by atoms with E-state index in [9.17, 15) is 0 Å². The molecule has 2 aromatic rings. The molecule has 2 aromatic carbocycles.